The Morgan fingerprint density at radius 3 is 2.41 bits per heavy atom. The molecule has 0 radical (unpaired) electrons. The third-order valence-electron chi connectivity index (χ3n) is 6.70. The number of aromatic nitrogens is 1. The molecule has 2 N–H and O–H groups in total. The number of rotatable bonds is 10. The summed E-state index contributed by atoms with van der Waals surface area (Å²) in [5.74, 6) is 0.319. The summed E-state index contributed by atoms with van der Waals surface area (Å²) in [6.45, 7) is 4.29. The third-order valence-corrected chi connectivity index (χ3v) is 9.17. The average Bonchev–Trinajstić information content (AvgIpc) is 3.41. The number of fused-ring (bicyclic) bond motifs is 1. The van der Waals surface area contributed by atoms with Crippen molar-refractivity contribution in [2.24, 2.45) is 0 Å². The van der Waals surface area contributed by atoms with Crippen LogP contribution in [0.3, 0.4) is 0 Å². The van der Waals surface area contributed by atoms with Gasteiger partial charge in [-0.1, -0.05) is 11.3 Å². The van der Waals surface area contributed by atoms with Gasteiger partial charge in [-0.05, 0) is 54.6 Å². The number of nitrogens with zero attached hydrogens (tertiary/aromatic N) is 4. The van der Waals surface area contributed by atoms with Crippen LogP contribution in [0.25, 0.3) is 10.2 Å². The Labute approximate surface area is 240 Å². The summed E-state index contributed by atoms with van der Waals surface area (Å²) in [6, 6.07) is 17.0. The molecular weight excluding hydrogens is 568 g/mol. The molecule has 0 saturated carbocycles. The van der Waals surface area contributed by atoms with Crippen molar-refractivity contribution >= 4 is 54.0 Å². The SMILES string of the molecule is COc1ccc(S(=O)(=O)Nc2ccc(C(=O)NCCN3CCN(c4nc5ccc([N+](=O)[O-])cc5s4)CC3)cc2)cc1. The lowest BCUT2D eigenvalue weighted by Gasteiger charge is -2.34. The second kappa shape index (κ2) is 12.1. The van der Waals surface area contributed by atoms with Crippen LogP contribution in [0.4, 0.5) is 16.5 Å². The Balaban J connectivity index is 1.07. The van der Waals surface area contributed by atoms with Gasteiger partial charge < -0.3 is 15.0 Å². The number of methoxy groups -OCH3 is 1. The smallest absolute Gasteiger partial charge is 0.270 e. The molecule has 1 saturated heterocycles. The number of piperazine rings is 1. The summed E-state index contributed by atoms with van der Waals surface area (Å²) in [5, 5.41) is 14.8. The number of nitrogens with one attached hydrogen (secondary N) is 2. The number of anilines is 2. The molecule has 0 spiro atoms. The summed E-state index contributed by atoms with van der Waals surface area (Å²) in [5.41, 5.74) is 1.59. The number of nitro groups is 1. The highest BCUT2D eigenvalue weighted by Gasteiger charge is 2.21. The molecule has 0 unspecified atom stereocenters. The van der Waals surface area contributed by atoms with E-state index < -0.39 is 14.9 Å². The highest BCUT2D eigenvalue weighted by Crippen LogP contribution is 2.31. The van der Waals surface area contributed by atoms with Crippen molar-refractivity contribution < 1.29 is 22.9 Å². The minimum atomic E-state index is -3.77. The molecular formula is C27H28N6O6S2. The molecule has 0 aliphatic carbocycles. The molecule has 12 nitrogen and oxygen atoms in total. The number of ether oxygens (including phenoxy) is 1. The number of amides is 1. The molecule has 214 valence electrons. The van der Waals surface area contributed by atoms with Gasteiger partial charge in [0, 0.05) is 62.7 Å². The van der Waals surface area contributed by atoms with Crippen LogP contribution in [0.2, 0.25) is 0 Å². The minimum absolute atomic E-state index is 0.0600. The lowest BCUT2D eigenvalue weighted by atomic mass is 10.2. The Bertz CT molecular complexity index is 1650. The standard InChI is InChI=1S/C27H28N6O6S2/c1-39-22-7-9-23(10-8-22)41(37,38)30-20-4-2-19(3-5-20)26(34)28-12-13-31-14-16-32(17-15-31)27-29-24-11-6-21(33(35)36)18-25(24)40-27/h2-11,18,30H,12-17H2,1H3,(H,28,34). The van der Waals surface area contributed by atoms with Gasteiger partial charge in [-0.25, -0.2) is 13.4 Å². The molecule has 1 fully saturated rings. The first kappa shape index (κ1) is 28.3. The molecule has 1 aliphatic rings. The van der Waals surface area contributed by atoms with Gasteiger partial charge in [0.25, 0.3) is 21.6 Å². The molecule has 41 heavy (non-hydrogen) atoms. The van der Waals surface area contributed by atoms with Crippen LogP contribution in [-0.2, 0) is 10.0 Å². The van der Waals surface area contributed by atoms with E-state index in [0.717, 1.165) is 41.5 Å². The van der Waals surface area contributed by atoms with Gasteiger partial charge in [-0.2, -0.15) is 0 Å². The summed E-state index contributed by atoms with van der Waals surface area (Å²) in [6.07, 6.45) is 0. The fourth-order valence-electron chi connectivity index (χ4n) is 4.40. The van der Waals surface area contributed by atoms with Gasteiger partial charge >= 0.3 is 0 Å². The zero-order valence-corrected chi connectivity index (χ0v) is 23.8. The first-order valence-corrected chi connectivity index (χ1v) is 15.1. The number of sulfonamides is 1. The number of thiazole rings is 1. The van der Waals surface area contributed by atoms with Crippen LogP contribution in [0, 0.1) is 10.1 Å². The monoisotopic (exact) mass is 596 g/mol. The third kappa shape index (κ3) is 6.73. The number of non-ortho nitro benzene ring substituents is 1. The Morgan fingerprint density at radius 2 is 1.76 bits per heavy atom. The zero-order valence-electron chi connectivity index (χ0n) is 22.1. The Morgan fingerprint density at radius 1 is 1.05 bits per heavy atom. The maximum Gasteiger partial charge on any atom is 0.270 e. The highest BCUT2D eigenvalue weighted by molar-refractivity contribution is 7.92. The average molecular weight is 597 g/mol. The lowest BCUT2D eigenvalue weighted by Crippen LogP contribution is -2.48. The number of hydrogen-bond acceptors (Lipinski definition) is 10. The van der Waals surface area contributed by atoms with Crippen molar-refractivity contribution in [3.8, 4) is 5.75 Å². The van der Waals surface area contributed by atoms with Crippen molar-refractivity contribution in [3.05, 3.63) is 82.4 Å². The molecule has 3 aromatic carbocycles. The summed E-state index contributed by atoms with van der Waals surface area (Å²) < 4.78 is 33.6. The Kier molecular flexibility index (Phi) is 8.33. The summed E-state index contributed by atoms with van der Waals surface area (Å²) in [7, 11) is -2.27. The maximum atomic E-state index is 12.6. The normalized spacial score (nSPS) is 14.1. The van der Waals surface area contributed by atoms with E-state index in [-0.39, 0.29) is 16.5 Å². The zero-order chi connectivity index (χ0) is 29.0. The lowest BCUT2D eigenvalue weighted by molar-refractivity contribution is -0.384. The Hall–Kier alpha value is -4.27. The molecule has 2 heterocycles. The molecule has 1 amide bonds. The van der Waals surface area contributed by atoms with E-state index in [2.05, 4.69) is 24.8 Å². The van der Waals surface area contributed by atoms with E-state index in [0.29, 0.717) is 30.1 Å². The van der Waals surface area contributed by atoms with Crippen molar-refractivity contribution in [1.82, 2.24) is 15.2 Å². The first-order chi connectivity index (χ1) is 19.7. The van der Waals surface area contributed by atoms with Gasteiger partial charge in [0.05, 0.1) is 27.1 Å². The van der Waals surface area contributed by atoms with E-state index >= 15 is 0 Å². The number of benzene rings is 3. The summed E-state index contributed by atoms with van der Waals surface area (Å²) >= 11 is 1.45. The second-order valence-corrected chi connectivity index (χ2v) is 12.0. The van der Waals surface area contributed by atoms with E-state index in [9.17, 15) is 23.3 Å². The molecule has 0 bridgehead atoms. The fourth-order valence-corrected chi connectivity index (χ4v) is 6.51. The predicted molar refractivity (Wildman–Crippen MR) is 158 cm³/mol. The molecule has 4 aromatic rings. The second-order valence-electron chi connectivity index (χ2n) is 9.35. The first-order valence-electron chi connectivity index (χ1n) is 12.8. The topological polar surface area (TPSA) is 147 Å². The number of nitro benzene ring substituents is 1. The largest absolute Gasteiger partial charge is 0.497 e. The van der Waals surface area contributed by atoms with Crippen molar-refractivity contribution in [3.63, 3.8) is 0 Å². The van der Waals surface area contributed by atoms with Crippen molar-refractivity contribution in [1.29, 1.82) is 0 Å². The summed E-state index contributed by atoms with van der Waals surface area (Å²) in [4.78, 5) is 32.4. The predicted octanol–water partition coefficient (Wildman–Crippen LogP) is 3.57. The van der Waals surface area contributed by atoms with Crippen LogP contribution >= 0.6 is 11.3 Å². The van der Waals surface area contributed by atoms with Crippen molar-refractivity contribution in [2.45, 2.75) is 4.90 Å². The number of carbonyl (C=O) groups excluding carboxylic acids is 1. The highest BCUT2D eigenvalue weighted by atomic mass is 32.2. The minimum Gasteiger partial charge on any atom is -0.497 e. The van der Waals surface area contributed by atoms with Gasteiger partial charge in [0.1, 0.15) is 5.75 Å². The van der Waals surface area contributed by atoms with E-state index in [1.807, 2.05) is 0 Å². The quantitative estimate of drug-likeness (QED) is 0.207. The van der Waals surface area contributed by atoms with Crippen LogP contribution in [0.5, 0.6) is 5.75 Å². The fraction of sp³-hybridized carbons (Fsp3) is 0.259. The van der Waals surface area contributed by atoms with Crippen LogP contribution in [0.15, 0.2) is 71.6 Å². The number of hydrogen-bond donors (Lipinski definition) is 2. The molecule has 14 heteroatoms. The molecule has 1 aromatic heterocycles. The maximum absolute atomic E-state index is 12.6. The van der Waals surface area contributed by atoms with E-state index in [4.69, 9.17) is 4.74 Å². The van der Waals surface area contributed by atoms with E-state index in [1.54, 1.807) is 48.5 Å². The molecule has 5 rings (SSSR count). The number of carbonyl (C=O) groups is 1. The van der Waals surface area contributed by atoms with Crippen molar-refractivity contribution in [2.75, 3.05) is 56.0 Å². The van der Waals surface area contributed by atoms with Gasteiger partial charge in [0.15, 0.2) is 5.13 Å². The van der Waals surface area contributed by atoms with Gasteiger partial charge in [-0.15, -0.1) is 0 Å². The van der Waals surface area contributed by atoms with Gasteiger partial charge in [0.2, 0.25) is 0 Å². The van der Waals surface area contributed by atoms with Crippen LogP contribution in [0.1, 0.15) is 10.4 Å². The van der Waals surface area contributed by atoms with E-state index in [1.165, 1.54) is 36.6 Å². The van der Waals surface area contributed by atoms with Gasteiger partial charge in [-0.3, -0.25) is 24.5 Å². The molecule has 1 aliphatic heterocycles. The molecule has 0 atom stereocenters. The van der Waals surface area contributed by atoms with Crippen LogP contribution < -0.4 is 19.7 Å². The van der Waals surface area contributed by atoms with Crippen LogP contribution in [-0.4, -0.2) is 75.5 Å².